The molecule has 0 unspecified atom stereocenters. The van der Waals surface area contributed by atoms with Crippen molar-refractivity contribution in [3.8, 4) is 0 Å². The minimum absolute atomic E-state index is 0.230. The first kappa shape index (κ1) is 12.5. The molecule has 5 heteroatoms. The van der Waals surface area contributed by atoms with Crippen LogP contribution in [0.3, 0.4) is 0 Å². The predicted octanol–water partition coefficient (Wildman–Crippen LogP) is 2.92. The van der Waals surface area contributed by atoms with Crippen molar-refractivity contribution >= 4 is 16.9 Å². The van der Waals surface area contributed by atoms with E-state index in [4.69, 9.17) is 9.15 Å². The summed E-state index contributed by atoms with van der Waals surface area (Å²) in [4.78, 5) is 19.0. The number of esters is 1. The highest BCUT2D eigenvalue weighted by molar-refractivity contribution is 5.93. The average Bonchev–Trinajstić information content (AvgIpc) is 3.08. The lowest BCUT2D eigenvalue weighted by Crippen LogP contribution is -2.02. The molecule has 0 radical (unpaired) electrons. The van der Waals surface area contributed by atoms with E-state index in [9.17, 15) is 4.79 Å². The molecule has 1 aromatic carbocycles. The number of nitrogens with zero attached hydrogens (tertiary/aromatic N) is 1. The first-order valence-electron chi connectivity index (χ1n) is 6.44. The number of imidazole rings is 1. The van der Waals surface area contributed by atoms with Gasteiger partial charge in [0.2, 0.25) is 5.76 Å². The van der Waals surface area contributed by atoms with E-state index in [1.54, 1.807) is 25.4 Å². The van der Waals surface area contributed by atoms with Gasteiger partial charge in [-0.2, -0.15) is 0 Å². The van der Waals surface area contributed by atoms with E-state index >= 15 is 0 Å². The van der Waals surface area contributed by atoms with Crippen molar-refractivity contribution in [3.63, 3.8) is 0 Å². The molecule has 0 atom stereocenters. The molecule has 5 nitrogen and oxygen atoms in total. The fourth-order valence-corrected chi connectivity index (χ4v) is 2.15. The van der Waals surface area contributed by atoms with Gasteiger partial charge in [-0.25, -0.2) is 9.78 Å². The quantitative estimate of drug-likeness (QED) is 0.740. The summed E-state index contributed by atoms with van der Waals surface area (Å²) in [5.41, 5.74) is 1.73. The van der Waals surface area contributed by atoms with Crippen molar-refractivity contribution in [3.05, 3.63) is 53.8 Å². The first-order valence-corrected chi connectivity index (χ1v) is 6.44. The number of fused-ring (bicyclic) bond motifs is 1. The molecule has 0 bridgehead atoms. The van der Waals surface area contributed by atoms with Gasteiger partial charge in [-0.15, -0.1) is 0 Å². The highest BCUT2D eigenvalue weighted by Gasteiger charge is 2.15. The Labute approximate surface area is 115 Å². The van der Waals surface area contributed by atoms with Crippen molar-refractivity contribution in [1.82, 2.24) is 9.97 Å². The summed E-state index contributed by atoms with van der Waals surface area (Å²) in [6.07, 6.45) is 4.16. The smallest absolute Gasteiger partial charge is 0.374 e. The van der Waals surface area contributed by atoms with Gasteiger partial charge in [0.05, 0.1) is 6.61 Å². The normalized spacial score (nSPS) is 10.8. The number of carbonyl (C=O) groups is 1. The molecule has 0 spiro atoms. The molecule has 0 amide bonds. The molecule has 0 saturated heterocycles. The van der Waals surface area contributed by atoms with Gasteiger partial charge in [-0.1, -0.05) is 12.1 Å². The Morgan fingerprint density at radius 1 is 1.45 bits per heavy atom. The Morgan fingerprint density at radius 2 is 2.35 bits per heavy atom. The molecular formula is C15H14N2O3. The largest absolute Gasteiger partial charge is 0.460 e. The third kappa shape index (κ3) is 2.30. The Morgan fingerprint density at radius 3 is 3.10 bits per heavy atom. The van der Waals surface area contributed by atoms with Crippen molar-refractivity contribution in [2.75, 3.05) is 6.61 Å². The Balaban J connectivity index is 1.99. The number of hydrogen-bond donors (Lipinski definition) is 1. The molecule has 0 saturated carbocycles. The second kappa shape index (κ2) is 5.21. The van der Waals surface area contributed by atoms with Gasteiger partial charge in [0.15, 0.2) is 0 Å². The zero-order chi connectivity index (χ0) is 13.9. The zero-order valence-electron chi connectivity index (χ0n) is 11.1. The van der Waals surface area contributed by atoms with Crippen molar-refractivity contribution < 1.29 is 13.9 Å². The maximum atomic E-state index is 11.7. The third-order valence-corrected chi connectivity index (χ3v) is 3.04. The fourth-order valence-electron chi connectivity index (χ4n) is 2.15. The van der Waals surface area contributed by atoms with E-state index in [1.807, 2.05) is 18.2 Å². The molecule has 0 aliphatic carbocycles. The van der Waals surface area contributed by atoms with Crippen LogP contribution in [0, 0.1) is 0 Å². The zero-order valence-corrected chi connectivity index (χ0v) is 11.1. The molecule has 1 N–H and O–H groups in total. The van der Waals surface area contributed by atoms with E-state index < -0.39 is 5.97 Å². The minimum atomic E-state index is -0.437. The van der Waals surface area contributed by atoms with Crippen LogP contribution in [-0.2, 0) is 11.2 Å². The topological polar surface area (TPSA) is 68.1 Å². The number of ether oxygens (including phenoxy) is 1. The molecule has 2 heterocycles. The summed E-state index contributed by atoms with van der Waals surface area (Å²) in [5.74, 6) is 0.665. The number of carbonyl (C=O) groups excluding carboxylic acids is 1. The first-order chi connectivity index (χ1) is 9.78. The summed E-state index contributed by atoms with van der Waals surface area (Å²) in [6, 6.07) is 7.46. The van der Waals surface area contributed by atoms with Crippen LogP contribution in [0.25, 0.3) is 11.0 Å². The van der Waals surface area contributed by atoms with E-state index in [0.717, 1.165) is 16.8 Å². The highest BCUT2D eigenvalue weighted by Crippen LogP contribution is 2.25. The summed E-state index contributed by atoms with van der Waals surface area (Å²) < 4.78 is 10.5. The Kier molecular flexibility index (Phi) is 3.25. The SMILES string of the molecule is CCOC(=O)c1cc2c(Cc3ncc[nH]3)cccc2o1. The van der Waals surface area contributed by atoms with Crippen molar-refractivity contribution in [2.24, 2.45) is 0 Å². The fraction of sp³-hybridized carbons (Fsp3) is 0.200. The lowest BCUT2D eigenvalue weighted by molar-refractivity contribution is 0.0492. The maximum Gasteiger partial charge on any atom is 0.374 e. The van der Waals surface area contributed by atoms with E-state index in [0.29, 0.717) is 18.6 Å². The molecule has 0 aliphatic heterocycles. The van der Waals surface area contributed by atoms with Gasteiger partial charge in [0.1, 0.15) is 11.4 Å². The van der Waals surface area contributed by atoms with Crippen molar-refractivity contribution in [1.29, 1.82) is 0 Å². The summed E-state index contributed by atoms with van der Waals surface area (Å²) in [7, 11) is 0. The van der Waals surface area contributed by atoms with Gasteiger partial charge < -0.3 is 14.1 Å². The van der Waals surface area contributed by atoms with Crippen LogP contribution in [0.2, 0.25) is 0 Å². The second-order valence-electron chi connectivity index (χ2n) is 4.37. The summed E-state index contributed by atoms with van der Waals surface area (Å²) in [6.45, 7) is 2.10. The molecule has 3 aromatic rings. The van der Waals surface area contributed by atoms with E-state index in [2.05, 4.69) is 9.97 Å². The van der Waals surface area contributed by atoms with E-state index in [-0.39, 0.29) is 5.76 Å². The molecule has 0 fully saturated rings. The third-order valence-electron chi connectivity index (χ3n) is 3.04. The minimum Gasteiger partial charge on any atom is -0.460 e. The Hall–Kier alpha value is -2.56. The van der Waals surface area contributed by atoms with Gasteiger partial charge in [0, 0.05) is 24.2 Å². The van der Waals surface area contributed by atoms with E-state index in [1.165, 1.54) is 0 Å². The van der Waals surface area contributed by atoms with Crippen LogP contribution >= 0.6 is 0 Å². The van der Waals surface area contributed by atoms with Gasteiger partial charge in [0.25, 0.3) is 0 Å². The lowest BCUT2D eigenvalue weighted by atomic mass is 10.1. The van der Waals surface area contributed by atoms with Crippen LogP contribution in [-0.4, -0.2) is 22.5 Å². The number of rotatable bonds is 4. The van der Waals surface area contributed by atoms with Crippen LogP contribution in [0.15, 0.2) is 41.1 Å². The number of aromatic amines is 1. The predicted molar refractivity (Wildman–Crippen MR) is 73.6 cm³/mol. The standard InChI is InChI=1S/C15H14N2O3/c1-2-19-15(18)13-9-11-10(4-3-5-12(11)20-13)8-14-16-6-7-17-14/h3-7,9H,2,8H2,1H3,(H,16,17). The average molecular weight is 270 g/mol. The number of benzene rings is 1. The van der Waals surface area contributed by atoms with Crippen LogP contribution < -0.4 is 0 Å². The van der Waals surface area contributed by atoms with Crippen LogP contribution in [0.1, 0.15) is 28.9 Å². The molecule has 20 heavy (non-hydrogen) atoms. The lowest BCUT2D eigenvalue weighted by Gasteiger charge is -1.99. The molecule has 102 valence electrons. The van der Waals surface area contributed by atoms with Gasteiger partial charge in [-0.05, 0) is 24.6 Å². The maximum absolute atomic E-state index is 11.7. The number of furan rings is 1. The molecule has 3 rings (SSSR count). The number of aromatic nitrogens is 2. The van der Waals surface area contributed by atoms with Crippen LogP contribution in [0.5, 0.6) is 0 Å². The van der Waals surface area contributed by atoms with Crippen LogP contribution in [0.4, 0.5) is 0 Å². The molecular weight excluding hydrogens is 256 g/mol. The summed E-state index contributed by atoms with van der Waals surface area (Å²) >= 11 is 0. The monoisotopic (exact) mass is 270 g/mol. The van der Waals surface area contributed by atoms with Crippen molar-refractivity contribution in [2.45, 2.75) is 13.3 Å². The molecule has 2 aromatic heterocycles. The molecule has 0 aliphatic rings. The van der Waals surface area contributed by atoms with Gasteiger partial charge in [-0.3, -0.25) is 0 Å². The number of nitrogens with one attached hydrogen (secondary N) is 1. The number of H-pyrrole nitrogens is 1. The highest BCUT2D eigenvalue weighted by atomic mass is 16.5. The number of hydrogen-bond acceptors (Lipinski definition) is 4. The second-order valence-corrected chi connectivity index (χ2v) is 4.37. The summed E-state index contributed by atoms with van der Waals surface area (Å²) in [5, 5.41) is 0.909. The van der Waals surface area contributed by atoms with Gasteiger partial charge >= 0.3 is 5.97 Å². The Bertz CT molecular complexity index is 729.